The lowest BCUT2D eigenvalue weighted by Crippen LogP contribution is -2.44. The average molecular weight is 385 g/mol. The Kier molecular flexibility index (Phi) is 5.32. The number of hydrogen-bond donors (Lipinski definition) is 3. The normalized spacial score (nSPS) is 20.5. The third kappa shape index (κ3) is 3.88. The van der Waals surface area contributed by atoms with Gasteiger partial charge in [-0.05, 0) is 45.4 Å². The number of fused-ring (bicyclic) bond motifs is 1. The summed E-state index contributed by atoms with van der Waals surface area (Å²) in [5.41, 5.74) is 2.75. The highest BCUT2D eigenvalue weighted by Crippen LogP contribution is 2.40. The number of likely N-dealkylation sites (tertiary alicyclic amines) is 1. The number of aromatic nitrogens is 3. The summed E-state index contributed by atoms with van der Waals surface area (Å²) in [6.07, 6.45) is 2.47. The van der Waals surface area contributed by atoms with Crippen LogP contribution in [0.25, 0.3) is 11.3 Å². The van der Waals surface area contributed by atoms with Crippen molar-refractivity contribution >= 4 is 5.95 Å². The summed E-state index contributed by atoms with van der Waals surface area (Å²) in [6.45, 7) is 6.80. The Balaban J connectivity index is 1.49. The van der Waals surface area contributed by atoms with E-state index in [4.69, 9.17) is 4.74 Å². The lowest BCUT2D eigenvalue weighted by molar-refractivity contribution is 0.110. The van der Waals surface area contributed by atoms with Crippen LogP contribution in [-0.2, 0) is 6.42 Å². The number of nitrogens with one attached hydrogen (secondary N) is 1. The maximum atomic E-state index is 10.6. The van der Waals surface area contributed by atoms with Crippen LogP contribution in [0.2, 0.25) is 0 Å². The van der Waals surface area contributed by atoms with Crippen LogP contribution < -0.4 is 10.1 Å². The lowest BCUT2D eigenvalue weighted by atomic mass is 10.0. The van der Waals surface area contributed by atoms with Gasteiger partial charge in [-0.15, -0.1) is 10.2 Å². The van der Waals surface area contributed by atoms with Gasteiger partial charge < -0.3 is 20.3 Å². The van der Waals surface area contributed by atoms with E-state index < -0.39 is 0 Å². The van der Waals surface area contributed by atoms with Crippen molar-refractivity contribution in [1.29, 1.82) is 0 Å². The summed E-state index contributed by atoms with van der Waals surface area (Å²) in [5.74, 6) is 1.43. The van der Waals surface area contributed by atoms with Gasteiger partial charge in [0.25, 0.3) is 0 Å². The number of phenolic OH excluding ortho intramolecular Hbond substituents is 1. The molecule has 0 aliphatic carbocycles. The standard InChI is InChI=1S/C20H27N5O3/c1-12(26)10-25-8-3-4-14(11-25)22-20-21-13(2)18(23-24-20)16-5-6-17-15(19(16)27)7-9-28-17/h5-6,12,14,26-27H,3-4,7-11H2,1-2H3,(H,21,22,24)/t12?,14-/m1/s1. The van der Waals surface area contributed by atoms with E-state index in [0.717, 1.165) is 37.2 Å². The molecule has 8 heteroatoms. The zero-order valence-electron chi connectivity index (χ0n) is 16.4. The van der Waals surface area contributed by atoms with E-state index in [1.165, 1.54) is 0 Å². The number of benzene rings is 1. The first-order valence-corrected chi connectivity index (χ1v) is 9.87. The smallest absolute Gasteiger partial charge is 0.243 e. The summed E-state index contributed by atoms with van der Waals surface area (Å²) in [5, 5.41) is 32.2. The van der Waals surface area contributed by atoms with Crippen molar-refractivity contribution in [3.63, 3.8) is 0 Å². The molecule has 2 aromatic rings. The number of aryl methyl sites for hydroxylation is 1. The second-order valence-electron chi connectivity index (χ2n) is 7.70. The molecule has 0 radical (unpaired) electrons. The Labute approximate surface area is 164 Å². The predicted octanol–water partition coefficient (Wildman–Crippen LogP) is 1.74. The Morgan fingerprint density at radius 1 is 1.36 bits per heavy atom. The number of ether oxygens (including phenoxy) is 1. The van der Waals surface area contributed by atoms with E-state index in [9.17, 15) is 10.2 Å². The van der Waals surface area contributed by atoms with Crippen LogP contribution in [0, 0.1) is 6.92 Å². The molecule has 0 bridgehead atoms. The fraction of sp³-hybridized carbons (Fsp3) is 0.550. The van der Waals surface area contributed by atoms with E-state index >= 15 is 0 Å². The molecule has 0 amide bonds. The van der Waals surface area contributed by atoms with Crippen molar-refractivity contribution in [1.82, 2.24) is 20.1 Å². The number of β-amino-alcohol motifs (C(OH)–C–C–N with tert-alkyl or cyclic N) is 1. The van der Waals surface area contributed by atoms with Crippen LogP contribution in [-0.4, -0.2) is 68.7 Å². The van der Waals surface area contributed by atoms with Gasteiger partial charge in [0.1, 0.15) is 17.2 Å². The number of phenols is 1. The van der Waals surface area contributed by atoms with E-state index in [0.29, 0.717) is 42.5 Å². The summed E-state index contributed by atoms with van der Waals surface area (Å²) >= 11 is 0. The van der Waals surface area contributed by atoms with Crippen molar-refractivity contribution in [2.45, 2.75) is 45.3 Å². The molecule has 1 saturated heterocycles. The fourth-order valence-electron chi connectivity index (χ4n) is 4.06. The highest BCUT2D eigenvalue weighted by Gasteiger charge is 2.23. The van der Waals surface area contributed by atoms with Gasteiger partial charge in [-0.3, -0.25) is 4.90 Å². The van der Waals surface area contributed by atoms with Gasteiger partial charge in [0.2, 0.25) is 5.95 Å². The number of rotatable bonds is 5. The topological polar surface area (TPSA) is 104 Å². The van der Waals surface area contributed by atoms with Gasteiger partial charge in [0.15, 0.2) is 0 Å². The quantitative estimate of drug-likeness (QED) is 0.715. The number of hydrogen-bond acceptors (Lipinski definition) is 8. The molecule has 2 aliphatic rings. The maximum Gasteiger partial charge on any atom is 0.243 e. The van der Waals surface area contributed by atoms with E-state index in [2.05, 4.69) is 25.4 Å². The van der Waals surface area contributed by atoms with Crippen molar-refractivity contribution in [2.75, 3.05) is 31.6 Å². The van der Waals surface area contributed by atoms with E-state index in [-0.39, 0.29) is 17.9 Å². The second-order valence-corrected chi connectivity index (χ2v) is 7.70. The minimum absolute atomic E-state index is 0.205. The zero-order valence-corrected chi connectivity index (χ0v) is 16.4. The van der Waals surface area contributed by atoms with Gasteiger partial charge in [-0.25, -0.2) is 4.98 Å². The first kappa shape index (κ1) is 18.9. The largest absolute Gasteiger partial charge is 0.507 e. The molecule has 0 spiro atoms. The molecule has 1 unspecified atom stereocenters. The van der Waals surface area contributed by atoms with Crippen LogP contribution >= 0.6 is 0 Å². The molecule has 3 heterocycles. The molecule has 0 saturated carbocycles. The van der Waals surface area contributed by atoms with Gasteiger partial charge >= 0.3 is 0 Å². The van der Waals surface area contributed by atoms with Crippen molar-refractivity contribution in [3.8, 4) is 22.8 Å². The predicted molar refractivity (Wildman–Crippen MR) is 106 cm³/mol. The lowest BCUT2D eigenvalue weighted by Gasteiger charge is -2.33. The number of aromatic hydroxyl groups is 1. The molecule has 4 rings (SSSR count). The molecule has 1 aromatic carbocycles. The van der Waals surface area contributed by atoms with Gasteiger partial charge in [-0.2, -0.15) is 0 Å². The van der Waals surface area contributed by atoms with Gasteiger partial charge in [0, 0.05) is 36.7 Å². The third-order valence-electron chi connectivity index (χ3n) is 5.33. The molecule has 2 atom stereocenters. The van der Waals surface area contributed by atoms with E-state index in [1.54, 1.807) is 6.07 Å². The highest BCUT2D eigenvalue weighted by molar-refractivity contribution is 5.72. The van der Waals surface area contributed by atoms with E-state index in [1.807, 2.05) is 19.9 Å². The molecular weight excluding hydrogens is 358 g/mol. The summed E-state index contributed by atoms with van der Waals surface area (Å²) in [7, 11) is 0. The molecule has 3 N–H and O–H groups in total. The SMILES string of the molecule is Cc1nc(N[C@@H]2CCCN(CC(C)O)C2)nnc1-c1ccc2c(c1O)CCO2. The monoisotopic (exact) mass is 385 g/mol. The van der Waals surface area contributed by atoms with Gasteiger partial charge in [-0.1, -0.05) is 0 Å². The third-order valence-corrected chi connectivity index (χ3v) is 5.33. The highest BCUT2D eigenvalue weighted by atomic mass is 16.5. The minimum Gasteiger partial charge on any atom is -0.507 e. The van der Waals surface area contributed by atoms with Crippen LogP contribution in [0.15, 0.2) is 12.1 Å². The summed E-state index contributed by atoms with van der Waals surface area (Å²) in [6, 6.07) is 3.90. The molecule has 150 valence electrons. The Hall–Kier alpha value is -2.45. The average Bonchev–Trinajstić information content (AvgIpc) is 3.12. The molecule has 2 aliphatic heterocycles. The molecule has 1 aromatic heterocycles. The molecule has 28 heavy (non-hydrogen) atoms. The zero-order chi connectivity index (χ0) is 19.7. The van der Waals surface area contributed by atoms with Crippen LogP contribution in [0.5, 0.6) is 11.5 Å². The summed E-state index contributed by atoms with van der Waals surface area (Å²) < 4.78 is 5.50. The maximum absolute atomic E-state index is 10.6. The fourth-order valence-corrected chi connectivity index (χ4v) is 4.06. The number of anilines is 1. The number of aliphatic hydroxyl groups excluding tert-OH is 1. The Morgan fingerprint density at radius 3 is 3.00 bits per heavy atom. The van der Waals surface area contributed by atoms with Crippen LogP contribution in [0.4, 0.5) is 5.95 Å². The van der Waals surface area contributed by atoms with Crippen molar-refractivity contribution in [3.05, 3.63) is 23.4 Å². The Morgan fingerprint density at radius 2 is 2.21 bits per heavy atom. The van der Waals surface area contributed by atoms with Crippen LogP contribution in [0.1, 0.15) is 31.0 Å². The number of piperidine rings is 1. The van der Waals surface area contributed by atoms with Crippen molar-refractivity contribution < 1.29 is 14.9 Å². The molecule has 8 nitrogen and oxygen atoms in total. The molecular formula is C20H27N5O3. The Bertz CT molecular complexity index is 858. The summed E-state index contributed by atoms with van der Waals surface area (Å²) in [4.78, 5) is 6.82. The molecule has 1 fully saturated rings. The second kappa shape index (κ2) is 7.89. The first-order chi connectivity index (χ1) is 13.5. The van der Waals surface area contributed by atoms with Crippen molar-refractivity contribution in [2.24, 2.45) is 0 Å². The van der Waals surface area contributed by atoms with Crippen LogP contribution in [0.3, 0.4) is 0 Å². The number of aliphatic hydroxyl groups is 1. The first-order valence-electron chi connectivity index (χ1n) is 9.87. The number of nitrogens with zero attached hydrogens (tertiary/aromatic N) is 4. The minimum atomic E-state index is -0.330. The van der Waals surface area contributed by atoms with Gasteiger partial charge in [0.05, 0.1) is 18.4 Å².